The maximum Gasteiger partial charge on any atom is 0.0340 e. The Balaban J connectivity index is 0.000000238. The molecule has 0 radical (unpaired) electrons. The van der Waals surface area contributed by atoms with Gasteiger partial charge in [-0.2, -0.15) is 4.83 Å². The van der Waals surface area contributed by atoms with E-state index < -0.39 is 0 Å². The van der Waals surface area contributed by atoms with Gasteiger partial charge in [-0.25, -0.2) is 5.43 Å². The maximum atomic E-state index is 3.72. The summed E-state index contributed by atoms with van der Waals surface area (Å²) in [6.07, 6.45) is 1.84. The lowest BCUT2D eigenvalue weighted by atomic mass is 10.1. The monoisotopic (exact) mass is 329 g/mol. The fourth-order valence-corrected chi connectivity index (χ4v) is 2.45. The Bertz CT molecular complexity index is 611. The van der Waals surface area contributed by atoms with Crippen LogP contribution >= 0.6 is 11.9 Å². The number of benzene rings is 2. The summed E-state index contributed by atoms with van der Waals surface area (Å²) in [5, 5.41) is 3.10. The summed E-state index contributed by atoms with van der Waals surface area (Å²) in [4.78, 5) is 4.21. The molecule has 23 heavy (non-hydrogen) atoms. The van der Waals surface area contributed by atoms with Crippen molar-refractivity contribution in [1.82, 2.24) is 10.3 Å². The number of hydrogen-bond donors (Lipinski definition) is 3. The minimum absolute atomic E-state index is 0.911. The molecular formula is C19H27N3S. The fraction of sp³-hybridized carbons (Fsp3) is 0.263. The van der Waals surface area contributed by atoms with Crippen LogP contribution < -0.4 is 15.6 Å². The van der Waals surface area contributed by atoms with Crippen LogP contribution in [0.2, 0.25) is 0 Å². The van der Waals surface area contributed by atoms with Gasteiger partial charge in [-0.15, -0.1) is 0 Å². The molecule has 0 spiro atoms. The van der Waals surface area contributed by atoms with Crippen molar-refractivity contribution in [1.29, 1.82) is 0 Å². The predicted molar refractivity (Wildman–Crippen MR) is 105 cm³/mol. The van der Waals surface area contributed by atoms with E-state index in [-0.39, 0.29) is 0 Å². The Morgan fingerprint density at radius 2 is 1.87 bits per heavy atom. The minimum Gasteiger partial charge on any atom is -0.388 e. The molecule has 3 N–H and O–H groups in total. The van der Waals surface area contributed by atoms with E-state index >= 15 is 0 Å². The van der Waals surface area contributed by atoms with Crippen LogP contribution in [0.5, 0.6) is 0 Å². The van der Waals surface area contributed by atoms with Crippen LogP contribution in [0.4, 0.5) is 5.69 Å². The van der Waals surface area contributed by atoms with E-state index in [1.54, 1.807) is 11.9 Å². The van der Waals surface area contributed by atoms with Crippen molar-refractivity contribution in [2.45, 2.75) is 25.7 Å². The highest BCUT2D eigenvalue weighted by molar-refractivity contribution is 7.97. The molecule has 0 aliphatic heterocycles. The fourth-order valence-electron chi connectivity index (χ4n) is 1.77. The molecule has 3 nitrogen and oxygen atoms in total. The maximum absolute atomic E-state index is 3.72. The van der Waals surface area contributed by atoms with Gasteiger partial charge in [0.05, 0.1) is 0 Å². The van der Waals surface area contributed by atoms with Crippen molar-refractivity contribution in [2.75, 3.05) is 18.9 Å². The third kappa shape index (κ3) is 7.37. The summed E-state index contributed by atoms with van der Waals surface area (Å²) >= 11 is 1.57. The number of aryl methyl sites for hydroxylation is 2. The van der Waals surface area contributed by atoms with Crippen LogP contribution in [0.3, 0.4) is 0 Å². The average Bonchev–Trinajstić information content (AvgIpc) is 2.58. The molecule has 0 aromatic heterocycles. The predicted octanol–water partition coefficient (Wildman–Crippen LogP) is 4.80. The normalized spacial score (nSPS) is 9.74. The molecule has 4 heteroatoms. The topological polar surface area (TPSA) is 36.1 Å². The minimum atomic E-state index is 0.911. The summed E-state index contributed by atoms with van der Waals surface area (Å²) in [7, 11) is 1.93. The molecule has 2 aromatic carbocycles. The standard InChI is InChI=1S/C10H14N2S.C9H13N/c1-3-9-6-5-7-10(8-9)13-12-11-4-2;1-7-4-5-9(10-3)6-8(7)2/h3,5-8,11-12H,1,4H2,2H3;4-6,10H,1-3H3. The molecule has 0 fully saturated rings. The molecule has 2 aromatic rings. The van der Waals surface area contributed by atoms with Gasteiger partial charge in [0.1, 0.15) is 0 Å². The Morgan fingerprint density at radius 1 is 1.09 bits per heavy atom. The van der Waals surface area contributed by atoms with Crippen LogP contribution in [-0.4, -0.2) is 13.6 Å². The first-order valence-corrected chi connectivity index (χ1v) is 8.54. The number of nitrogens with one attached hydrogen (secondary N) is 3. The number of hydrazine groups is 1. The molecule has 0 aliphatic rings. The van der Waals surface area contributed by atoms with Crippen molar-refractivity contribution in [3.05, 3.63) is 65.7 Å². The highest BCUT2D eigenvalue weighted by atomic mass is 32.2. The second-order valence-electron chi connectivity index (χ2n) is 5.06. The van der Waals surface area contributed by atoms with Crippen molar-refractivity contribution in [2.24, 2.45) is 0 Å². The third-order valence-corrected chi connectivity index (χ3v) is 4.04. The summed E-state index contributed by atoms with van der Waals surface area (Å²) in [6, 6.07) is 14.6. The van der Waals surface area contributed by atoms with Gasteiger partial charge < -0.3 is 5.32 Å². The Hall–Kier alpha value is -1.75. The summed E-state index contributed by atoms with van der Waals surface area (Å²) < 4.78 is 0. The Morgan fingerprint density at radius 3 is 2.48 bits per heavy atom. The summed E-state index contributed by atoms with van der Waals surface area (Å²) in [5.41, 5.74) is 8.03. The Labute approximate surface area is 144 Å². The van der Waals surface area contributed by atoms with Crippen molar-refractivity contribution < 1.29 is 0 Å². The zero-order valence-corrected chi connectivity index (χ0v) is 15.3. The van der Waals surface area contributed by atoms with Crippen molar-refractivity contribution >= 4 is 23.7 Å². The van der Waals surface area contributed by atoms with Gasteiger partial charge in [0.25, 0.3) is 0 Å². The number of hydrogen-bond acceptors (Lipinski definition) is 4. The molecular weight excluding hydrogens is 302 g/mol. The number of rotatable bonds is 6. The van der Waals surface area contributed by atoms with Gasteiger partial charge in [-0.3, -0.25) is 0 Å². The van der Waals surface area contributed by atoms with E-state index in [2.05, 4.69) is 66.3 Å². The van der Waals surface area contributed by atoms with E-state index in [9.17, 15) is 0 Å². The molecule has 0 bridgehead atoms. The molecule has 0 saturated heterocycles. The highest BCUT2D eigenvalue weighted by Crippen LogP contribution is 2.15. The average molecular weight is 330 g/mol. The van der Waals surface area contributed by atoms with Gasteiger partial charge in [-0.05, 0) is 66.8 Å². The lowest BCUT2D eigenvalue weighted by Crippen LogP contribution is -2.24. The van der Waals surface area contributed by atoms with Gasteiger partial charge in [0, 0.05) is 24.2 Å². The van der Waals surface area contributed by atoms with Gasteiger partial charge in [0.2, 0.25) is 0 Å². The summed E-state index contributed by atoms with van der Waals surface area (Å²) in [5.74, 6) is 0. The molecule has 124 valence electrons. The van der Waals surface area contributed by atoms with E-state index in [1.165, 1.54) is 21.7 Å². The van der Waals surface area contributed by atoms with Crippen LogP contribution in [0.25, 0.3) is 6.08 Å². The SMILES string of the molecule is C=Cc1cccc(SNNCC)c1.CNc1ccc(C)c(C)c1. The molecule has 0 unspecified atom stereocenters. The number of anilines is 1. The van der Waals surface area contributed by atoms with Crippen molar-refractivity contribution in [3.8, 4) is 0 Å². The second kappa shape index (κ2) is 10.9. The smallest absolute Gasteiger partial charge is 0.0340 e. The zero-order chi connectivity index (χ0) is 17.1. The lowest BCUT2D eigenvalue weighted by molar-refractivity contribution is 0.720. The van der Waals surface area contributed by atoms with Crippen LogP contribution in [0.1, 0.15) is 23.6 Å². The molecule has 0 saturated carbocycles. The van der Waals surface area contributed by atoms with Gasteiger partial charge in [-0.1, -0.05) is 37.8 Å². The summed E-state index contributed by atoms with van der Waals surface area (Å²) in [6.45, 7) is 10.9. The van der Waals surface area contributed by atoms with Gasteiger partial charge in [0.15, 0.2) is 0 Å². The first-order chi connectivity index (χ1) is 11.1. The lowest BCUT2D eigenvalue weighted by Gasteiger charge is -2.03. The van der Waals surface area contributed by atoms with Crippen LogP contribution in [-0.2, 0) is 0 Å². The third-order valence-electron chi connectivity index (χ3n) is 3.31. The van der Waals surface area contributed by atoms with Crippen molar-refractivity contribution in [3.63, 3.8) is 0 Å². The van der Waals surface area contributed by atoms with Crippen LogP contribution in [0.15, 0.2) is 53.9 Å². The molecule has 0 aliphatic carbocycles. The van der Waals surface area contributed by atoms with E-state index in [1.807, 2.05) is 32.2 Å². The highest BCUT2D eigenvalue weighted by Gasteiger charge is 1.93. The molecule has 0 atom stereocenters. The molecule has 2 rings (SSSR count). The second-order valence-corrected chi connectivity index (χ2v) is 5.94. The first kappa shape index (κ1) is 19.3. The van der Waals surface area contributed by atoms with E-state index in [0.717, 1.165) is 12.1 Å². The zero-order valence-electron chi connectivity index (χ0n) is 14.4. The van der Waals surface area contributed by atoms with Gasteiger partial charge >= 0.3 is 0 Å². The quantitative estimate of drug-likeness (QED) is 0.404. The first-order valence-electron chi connectivity index (χ1n) is 7.73. The molecule has 0 amide bonds. The van der Waals surface area contributed by atoms with E-state index in [0.29, 0.717) is 0 Å². The van der Waals surface area contributed by atoms with Crippen LogP contribution in [0, 0.1) is 13.8 Å². The molecule has 0 heterocycles. The largest absolute Gasteiger partial charge is 0.388 e. The van der Waals surface area contributed by atoms with E-state index in [4.69, 9.17) is 0 Å². The Kier molecular flexibility index (Phi) is 9.14.